The number of benzene rings is 1. The molecular formula is C7H8MnNNaO4S3. The third kappa shape index (κ3) is 9.43. The van der Waals surface area contributed by atoms with Crippen molar-refractivity contribution in [3.63, 3.8) is 0 Å². The molecule has 0 spiro atoms. The molecule has 1 radical (unpaired) electrons. The SMILES string of the molecule is O=S(=O)(O)O.Sc1nc2ccccc2s1.[Mn].[NaH]. The molecule has 0 aliphatic heterocycles. The van der Waals surface area contributed by atoms with Crippen molar-refractivity contribution in [2.24, 2.45) is 0 Å². The van der Waals surface area contributed by atoms with Crippen molar-refractivity contribution in [1.82, 2.24) is 4.98 Å². The molecule has 0 atom stereocenters. The van der Waals surface area contributed by atoms with Crippen molar-refractivity contribution in [3.05, 3.63) is 24.3 Å². The molecular weight excluding hydrogens is 336 g/mol. The van der Waals surface area contributed by atoms with E-state index in [1.807, 2.05) is 24.3 Å². The number of hydrogen-bond donors (Lipinski definition) is 3. The van der Waals surface area contributed by atoms with Crippen LogP contribution in [0.1, 0.15) is 0 Å². The van der Waals surface area contributed by atoms with E-state index in [9.17, 15) is 0 Å². The van der Waals surface area contributed by atoms with Gasteiger partial charge >= 0.3 is 40.0 Å². The fourth-order valence-corrected chi connectivity index (χ4v) is 1.97. The van der Waals surface area contributed by atoms with E-state index in [0.717, 1.165) is 9.86 Å². The summed E-state index contributed by atoms with van der Waals surface area (Å²) >= 11 is 5.76. The van der Waals surface area contributed by atoms with Gasteiger partial charge in [0, 0.05) is 17.1 Å². The van der Waals surface area contributed by atoms with Crippen molar-refractivity contribution in [2.75, 3.05) is 0 Å². The van der Waals surface area contributed by atoms with Crippen LogP contribution >= 0.6 is 24.0 Å². The first kappa shape index (κ1) is 20.2. The van der Waals surface area contributed by atoms with Gasteiger partial charge in [-0.1, -0.05) is 12.1 Å². The van der Waals surface area contributed by atoms with Gasteiger partial charge in [-0.2, -0.15) is 8.42 Å². The summed E-state index contributed by atoms with van der Waals surface area (Å²) in [5, 5.41) is 0. The molecule has 1 aromatic carbocycles. The predicted molar refractivity (Wildman–Crippen MR) is 68.2 cm³/mol. The fourth-order valence-electron chi connectivity index (χ4n) is 0.860. The Morgan fingerprint density at radius 1 is 1.24 bits per heavy atom. The average molecular weight is 344 g/mol. The van der Waals surface area contributed by atoms with Crippen molar-refractivity contribution in [1.29, 1.82) is 0 Å². The molecule has 1 aromatic heterocycles. The normalized spacial score (nSPS) is 9.59. The van der Waals surface area contributed by atoms with E-state index >= 15 is 0 Å². The molecule has 0 saturated carbocycles. The second-order valence-electron chi connectivity index (χ2n) is 2.41. The Morgan fingerprint density at radius 3 is 2.18 bits per heavy atom. The van der Waals surface area contributed by atoms with E-state index in [4.69, 9.17) is 17.5 Å². The van der Waals surface area contributed by atoms with Gasteiger partial charge in [-0.3, -0.25) is 9.11 Å². The quantitative estimate of drug-likeness (QED) is 0.381. The Labute approximate surface area is 141 Å². The summed E-state index contributed by atoms with van der Waals surface area (Å²) in [5.41, 5.74) is 1.04. The zero-order valence-electron chi connectivity index (χ0n) is 7.61. The number of rotatable bonds is 0. The van der Waals surface area contributed by atoms with Gasteiger partial charge in [-0.05, 0) is 12.1 Å². The minimum atomic E-state index is -4.67. The van der Waals surface area contributed by atoms with Crippen LogP contribution in [0.4, 0.5) is 0 Å². The summed E-state index contributed by atoms with van der Waals surface area (Å²) in [6.07, 6.45) is 0. The second kappa shape index (κ2) is 8.87. The molecule has 0 aliphatic rings. The molecule has 10 heteroatoms. The molecule has 5 nitrogen and oxygen atoms in total. The van der Waals surface area contributed by atoms with E-state index in [1.54, 1.807) is 11.3 Å². The Morgan fingerprint density at radius 2 is 1.71 bits per heavy atom. The number of para-hydroxylation sites is 1. The minimum absolute atomic E-state index is 0. The van der Waals surface area contributed by atoms with Crippen LogP contribution in [0.3, 0.4) is 0 Å². The topological polar surface area (TPSA) is 87.5 Å². The number of thiol groups is 1. The maximum atomic E-state index is 8.74. The summed E-state index contributed by atoms with van der Waals surface area (Å²) in [7, 11) is -4.67. The predicted octanol–water partition coefficient (Wildman–Crippen LogP) is 1.28. The monoisotopic (exact) mass is 344 g/mol. The standard InChI is InChI=1S/C7H5NS2.Mn.Na.H2O4S.H/c9-7-8-5-3-1-2-4-6(5)10-7;;;1-5(2,3)4;/h1-4H,(H,8,9);;;(H2,1,2,3,4);. The Bertz CT molecular complexity index is 518. The van der Waals surface area contributed by atoms with E-state index in [0.29, 0.717) is 0 Å². The van der Waals surface area contributed by atoms with Gasteiger partial charge < -0.3 is 0 Å². The first-order valence-corrected chi connectivity index (χ1v) is 6.27. The number of nitrogens with zero attached hydrogens (tertiary/aromatic N) is 1. The summed E-state index contributed by atoms with van der Waals surface area (Å²) in [6.45, 7) is 0. The van der Waals surface area contributed by atoms with E-state index in [-0.39, 0.29) is 46.6 Å². The fraction of sp³-hybridized carbons (Fsp3) is 0. The van der Waals surface area contributed by atoms with Crippen molar-refractivity contribution < 1.29 is 34.6 Å². The average Bonchev–Trinajstić information content (AvgIpc) is 2.40. The Balaban J connectivity index is 0. The van der Waals surface area contributed by atoms with Crippen LogP contribution in [-0.4, -0.2) is 52.1 Å². The van der Waals surface area contributed by atoms with Crippen molar-refractivity contribution in [2.45, 2.75) is 4.34 Å². The Hall–Kier alpha value is 0.849. The summed E-state index contributed by atoms with van der Waals surface area (Å²) in [4.78, 5) is 4.20. The molecule has 0 amide bonds. The molecule has 1 heterocycles. The molecule has 2 rings (SSSR count). The van der Waals surface area contributed by atoms with E-state index in [2.05, 4.69) is 17.6 Å². The zero-order valence-corrected chi connectivity index (χ0v) is 11.3. The molecule has 0 aliphatic carbocycles. The third-order valence-corrected chi connectivity index (χ3v) is 2.50. The van der Waals surface area contributed by atoms with Crippen LogP contribution in [0.5, 0.6) is 0 Å². The number of aromatic nitrogens is 1. The van der Waals surface area contributed by atoms with Crippen LogP contribution in [0.25, 0.3) is 10.2 Å². The van der Waals surface area contributed by atoms with E-state index < -0.39 is 10.4 Å². The van der Waals surface area contributed by atoms with Crippen LogP contribution in [0, 0.1) is 0 Å². The van der Waals surface area contributed by atoms with Crippen molar-refractivity contribution in [3.8, 4) is 0 Å². The van der Waals surface area contributed by atoms with Gasteiger partial charge in [0.25, 0.3) is 0 Å². The van der Waals surface area contributed by atoms with Crippen LogP contribution in [0.2, 0.25) is 0 Å². The molecule has 2 N–H and O–H groups in total. The first-order valence-electron chi connectivity index (χ1n) is 3.60. The third-order valence-electron chi connectivity index (χ3n) is 1.28. The summed E-state index contributed by atoms with van der Waals surface area (Å²) in [5.74, 6) is 0. The van der Waals surface area contributed by atoms with Gasteiger partial charge in [0.2, 0.25) is 0 Å². The number of thiazole rings is 1. The van der Waals surface area contributed by atoms with Gasteiger partial charge in [0.15, 0.2) is 0 Å². The molecule has 0 fully saturated rings. The van der Waals surface area contributed by atoms with Crippen LogP contribution in [-0.2, 0) is 27.5 Å². The number of hydrogen-bond acceptors (Lipinski definition) is 5. The maximum absolute atomic E-state index is 8.74. The summed E-state index contributed by atoms with van der Waals surface area (Å²) < 4.78 is 33.6. The second-order valence-corrected chi connectivity index (χ2v) is 5.06. The number of fused-ring (bicyclic) bond motifs is 1. The van der Waals surface area contributed by atoms with Crippen LogP contribution < -0.4 is 0 Å². The molecule has 91 valence electrons. The van der Waals surface area contributed by atoms with Gasteiger partial charge in [0.05, 0.1) is 10.2 Å². The molecule has 0 unspecified atom stereocenters. The molecule has 0 saturated heterocycles. The van der Waals surface area contributed by atoms with Crippen molar-refractivity contribution >= 4 is 74.1 Å². The van der Waals surface area contributed by atoms with Gasteiger partial charge in [0.1, 0.15) is 4.34 Å². The molecule has 0 bridgehead atoms. The molecule has 2 aromatic rings. The Kier molecular flexibility index (Phi) is 10.5. The van der Waals surface area contributed by atoms with Crippen LogP contribution in [0.15, 0.2) is 28.6 Å². The zero-order chi connectivity index (χ0) is 11.5. The van der Waals surface area contributed by atoms with Gasteiger partial charge in [-0.15, -0.1) is 24.0 Å². The first-order chi connectivity index (χ1) is 6.86. The van der Waals surface area contributed by atoms with Gasteiger partial charge in [-0.25, -0.2) is 4.98 Å². The molecule has 17 heavy (non-hydrogen) atoms. The summed E-state index contributed by atoms with van der Waals surface area (Å²) in [6, 6.07) is 8.03. The van der Waals surface area contributed by atoms with E-state index in [1.165, 1.54) is 4.70 Å².